The van der Waals surface area contributed by atoms with E-state index in [-0.39, 0.29) is 18.4 Å². The average molecular weight is 341 g/mol. The lowest BCUT2D eigenvalue weighted by molar-refractivity contribution is -0.0137. The molecule has 1 aliphatic rings. The first-order valence-corrected chi connectivity index (χ1v) is 9.15. The van der Waals surface area contributed by atoms with E-state index in [0.29, 0.717) is 18.5 Å². The second-order valence-corrected chi connectivity index (χ2v) is 8.23. The number of rotatable bonds is 5. The minimum atomic E-state index is -3.67. The molecule has 2 rings (SSSR count). The van der Waals surface area contributed by atoms with E-state index in [4.69, 9.17) is 8.92 Å². The van der Waals surface area contributed by atoms with Gasteiger partial charge < -0.3 is 9.64 Å². The summed E-state index contributed by atoms with van der Waals surface area (Å²) in [5.41, 5.74) is 0.0994. The summed E-state index contributed by atoms with van der Waals surface area (Å²) in [5, 5.41) is 0. The number of benzene rings is 1. The molecular formula is C16H23NO5S. The van der Waals surface area contributed by atoms with Crippen LogP contribution in [0.4, 0.5) is 4.79 Å². The fourth-order valence-electron chi connectivity index (χ4n) is 2.18. The van der Waals surface area contributed by atoms with E-state index >= 15 is 0 Å². The molecule has 1 amide bonds. The number of hydrogen-bond acceptors (Lipinski definition) is 5. The lowest BCUT2D eigenvalue weighted by atomic mass is 10.1. The molecule has 1 saturated heterocycles. The van der Waals surface area contributed by atoms with Gasteiger partial charge in [0.25, 0.3) is 10.1 Å². The quantitative estimate of drug-likeness (QED) is 0.770. The Labute approximate surface area is 137 Å². The molecule has 1 aromatic carbocycles. The molecule has 1 heterocycles. The summed E-state index contributed by atoms with van der Waals surface area (Å²) in [7, 11) is -3.67. The molecule has 0 aromatic heterocycles. The molecule has 6 nitrogen and oxygen atoms in total. The van der Waals surface area contributed by atoms with Gasteiger partial charge in [0.1, 0.15) is 11.4 Å². The third-order valence-corrected chi connectivity index (χ3v) is 4.58. The van der Waals surface area contributed by atoms with Gasteiger partial charge in [0, 0.05) is 6.54 Å². The van der Waals surface area contributed by atoms with Crippen molar-refractivity contribution >= 4 is 16.2 Å². The van der Waals surface area contributed by atoms with Crippen molar-refractivity contribution < 1.29 is 22.1 Å². The van der Waals surface area contributed by atoms with Crippen molar-refractivity contribution in [2.75, 3.05) is 13.2 Å². The van der Waals surface area contributed by atoms with Crippen LogP contribution in [0.15, 0.2) is 30.3 Å². The topological polar surface area (TPSA) is 72.9 Å². The van der Waals surface area contributed by atoms with Crippen LogP contribution in [0.2, 0.25) is 0 Å². The summed E-state index contributed by atoms with van der Waals surface area (Å²) in [6.45, 7) is 5.90. The highest BCUT2D eigenvalue weighted by molar-refractivity contribution is 7.85. The van der Waals surface area contributed by atoms with Crippen LogP contribution < -0.4 is 0 Å². The normalized spacial score (nSPS) is 18.4. The third kappa shape index (κ3) is 5.51. The van der Waals surface area contributed by atoms with E-state index in [1.807, 2.05) is 6.07 Å². The average Bonchev–Trinajstić information content (AvgIpc) is 2.35. The standard InChI is InChI=1S/C16H23NO5S/c1-16(2,3)22-15(18)17-10-9-14(17)11-21-23(19,20)12-13-7-5-4-6-8-13/h4-8,14H,9-12H2,1-3H3/t14-/m0/s1. The van der Waals surface area contributed by atoms with E-state index < -0.39 is 21.8 Å². The molecule has 0 N–H and O–H groups in total. The van der Waals surface area contributed by atoms with Gasteiger partial charge in [0.05, 0.1) is 12.6 Å². The SMILES string of the molecule is CC(C)(C)OC(=O)N1CC[C@H]1COS(=O)(=O)Cc1ccccc1. The van der Waals surface area contributed by atoms with Crippen molar-refractivity contribution in [3.8, 4) is 0 Å². The molecule has 23 heavy (non-hydrogen) atoms. The van der Waals surface area contributed by atoms with Crippen LogP contribution in [0.25, 0.3) is 0 Å². The van der Waals surface area contributed by atoms with E-state index in [1.54, 1.807) is 45.0 Å². The minimum Gasteiger partial charge on any atom is -0.444 e. The van der Waals surface area contributed by atoms with E-state index in [1.165, 1.54) is 4.90 Å². The minimum absolute atomic E-state index is 0.0333. The monoisotopic (exact) mass is 341 g/mol. The Balaban J connectivity index is 1.84. The number of likely N-dealkylation sites (tertiary alicyclic amines) is 1. The number of nitrogens with zero attached hydrogens (tertiary/aromatic N) is 1. The van der Waals surface area contributed by atoms with Crippen molar-refractivity contribution in [2.45, 2.75) is 44.6 Å². The smallest absolute Gasteiger partial charge is 0.410 e. The van der Waals surface area contributed by atoms with Crippen molar-refractivity contribution in [1.29, 1.82) is 0 Å². The van der Waals surface area contributed by atoms with Gasteiger partial charge in [-0.15, -0.1) is 0 Å². The Morgan fingerprint density at radius 3 is 2.43 bits per heavy atom. The van der Waals surface area contributed by atoms with Gasteiger partial charge >= 0.3 is 6.09 Å². The highest BCUT2D eigenvalue weighted by atomic mass is 32.2. The van der Waals surface area contributed by atoms with Crippen LogP contribution in [-0.4, -0.2) is 44.2 Å². The van der Waals surface area contributed by atoms with Crippen LogP contribution in [0.1, 0.15) is 32.8 Å². The fraction of sp³-hybridized carbons (Fsp3) is 0.562. The first kappa shape index (κ1) is 17.7. The van der Waals surface area contributed by atoms with Gasteiger partial charge in [0.2, 0.25) is 0 Å². The van der Waals surface area contributed by atoms with Gasteiger partial charge in [-0.25, -0.2) is 4.79 Å². The van der Waals surface area contributed by atoms with Crippen molar-refractivity contribution in [3.63, 3.8) is 0 Å². The Hall–Kier alpha value is -1.60. The molecule has 0 spiro atoms. The Kier molecular flexibility index (Phi) is 5.31. The maximum atomic E-state index is 12.0. The van der Waals surface area contributed by atoms with E-state index in [9.17, 15) is 13.2 Å². The van der Waals surface area contributed by atoms with Gasteiger partial charge in [-0.2, -0.15) is 8.42 Å². The van der Waals surface area contributed by atoms with Crippen LogP contribution in [-0.2, 0) is 24.8 Å². The molecule has 0 aliphatic carbocycles. The van der Waals surface area contributed by atoms with Gasteiger partial charge in [-0.3, -0.25) is 4.18 Å². The maximum absolute atomic E-state index is 12.0. The second-order valence-electron chi connectivity index (χ2n) is 6.59. The molecule has 1 aromatic rings. The third-order valence-electron chi connectivity index (χ3n) is 3.40. The lowest BCUT2D eigenvalue weighted by Crippen LogP contribution is -2.54. The van der Waals surface area contributed by atoms with Gasteiger partial charge in [0.15, 0.2) is 0 Å². The molecule has 7 heteroatoms. The highest BCUT2D eigenvalue weighted by Crippen LogP contribution is 2.22. The summed E-state index contributed by atoms with van der Waals surface area (Å²) in [6, 6.07) is 8.59. The van der Waals surface area contributed by atoms with Crippen molar-refractivity contribution in [2.24, 2.45) is 0 Å². The van der Waals surface area contributed by atoms with Crippen LogP contribution in [0.5, 0.6) is 0 Å². The molecule has 1 atom stereocenters. The fourth-order valence-corrected chi connectivity index (χ4v) is 3.23. The zero-order valence-corrected chi connectivity index (χ0v) is 14.5. The van der Waals surface area contributed by atoms with Crippen LogP contribution in [0.3, 0.4) is 0 Å². The Morgan fingerprint density at radius 1 is 1.26 bits per heavy atom. The highest BCUT2D eigenvalue weighted by Gasteiger charge is 2.36. The number of carbonyl (C=O) groups excluding carboxylic acids is 1. The molecule has 0 unspecified atom stereocenters. The summed E-state index contributed by atoms with van der Waals surface area (Å²) in [5.74, 6) is -0.174. The van der Waals surface area contributed by atoms with E-state index in [0.717, 1.165) is 0 Å². The molecule has 1 aliphatic heterocycles. The predicted octanol–water partition coefficient (Wildman–Crippen LogP) is 2.54. The van der Waals surface area contributed by atoms with Gasteiger partial charge in [-0.05, 0) is 32.8 Å². The molecular weight excluding hydrogens is 318 g/mol. The largest absolute Gasteiger partial charge is 0.444 e. The second kappa shape index (κ2) is 6.88. The zero-order valence-electron chi connectivity index (χ0n) is 13.7. The lowest BCUT2D eigenvalue weighted by Gasteiger charge is -2.40. The van der Waals surface area contributed by atoms with Crippen LogP contribution in [0, 0.1) is 0 Å². The first-order chi connectivity index (χ1) is 10.7. The Morgan fingerprint density at radius 2 is 1.91 bits per heavy atom. The predicted molar refractivity (Wildman–Crippen MR) is 86.4 cm³/mol. The molecule has 128 valence electrons. The summed E-state index contributed by atoms with van der Waals surface area (Å²) >= 11 is 0. The van der Waals surface area contributed by atoms with Crippen molar-refractivity contribution in [3.05, 3.63) is 35.9 Å². The summed E-state index contributed by atoms with van der Waals surface area (Å²) < 4.78 is 34.3. The summed E-state index contributed by atoms with van der Waals surface area (Å²) in [6.07, 6.45) is 0.276. The number of ether oxygens (including phenoxy) is 1. The van der Waals surface area contributed by atoms with Gasteiger partial charge in [-0.1, -0.05) is 30.3 Å². The first-order valence-electron chi connectivity index (χ1n) is 7.57. The molecule has 1 fully saturated rings. The number of hydrogen-bond donors (Lipinski definition) is 0. The number of carbonyl (C=O) groups is 1. The van der Waals surface area contributed by atoms with Crippen LogP contribution >= 0.6 is 0 Å². The molecule has 0 radical (unpaired) electrons. The van der Waals surface area contributed by atoms with E-state index in [2.05, 4.69) is 0 Å². The Bertz CT molecular complexity index is 636. The number of amides is 1. The van der Waals surface area contributed by atoms with Crippen molar-refractivity contribution in [1.82, 2.24) is 4.90 Å². The summed E-state index contributed by atoms with van der Waals surface area (Å²) in [4.78, 5) is 13.5. The molecule has 0 saturated carbocycles. The molecule has 0 bridgehead atoms. The zero-order chi connectivity index (χ0) is 17.1. The maximum Gasteiger partial charge on any atom is 0.410 e.